The monoisotopic (exact) mass is 375 g/mol. The Bertz CT molecular complexity index is 751. The maximum atomic E-state index is 12.2. The van der Waals surface area contributed by atoms with Crippen molar-refractivity contribution in [3.05, 3.63) is 42.2 Å². The number of para-hydroxylation sites is 1. The van der Waals surface area contributed by atoms with Gasteiger partial charge in [-0.1, -0.05) is 23.4 Å². The highest BCUT2D eigenvalue weighted by molar-refractivity contribution is 5.91. The average molecular weight is 375 g/mol. The Balaban J connectivity index is 1.55. The summed E-state index contributed by atoms with van der Waals surface area (Å²) in [5.74, 6) is -0.285. The van der Waals surface area contributed by atoms with Crippen LogP contribution >= 0.6 is 0 Å². The van der Waals surface area contributed by atoms with Crippen molar-refractivity contribution in [3.8, 4) is 0 Å². The summed E-state index contributed by atoms with van der Waals surface area (Å²) in [4.78, 5) is 14.1. The summed E-state index contributed by atoms with van der Waals surface area (Å²) in [5, 5.41) is 31.3. The van der Waals surface area contributed by atoms with Crippen LogP contribution in [-0.4, -0.2) is 74.5 Å². The van der Waals surface area contributed by atoms with Gasteiger partial charge < -0.3 is 25.2 Å². The Morgan fingerprint density at radius 3 is 2.63 bits per heavy atom. The molecule has 0 spiro atoms. The highest BCUT2D eigenvalue weighted by Gasteiger charge is 2.43. The van der Waals surface area contributed by atoms with Crippen molar-refractivity contribution in [1.82, 2.24) is 19.9 Å². The zero-order valence-corrected chi connectivity index (χ0v) is 15.4. The van der Waals surface area contributed by atoms with E-state index in [0.29, 0.717) is 12.2 Å². The molecule has 1 aromatic heterocycles. The number of nitrogens with zero attached hydrogens (tertiary/aromatic N) is 4. The molecule has 1 fully saturated rings. The molecule has 1 aliphatic rings. The molecule has 1 amide bonds. The maximum Gasteiger partial charge on any atom is 0.227 e. The first-order chi connectivity index (χ1) is 12.9. The molecule has 9 nitrogen and oxygen atoms in total. The van der Waals surface area contributed by atoms with Crippen molar-refractivity contribution in [2.24, 2.45) is 0 Å². The van der Waals surface area contributed by atoms with Crippen molar-refractivity contribution < 1.29 is 19.7 Å². The van der Waals surface area contributed by atoms with Gasteiger partial charge in [-0.25, -0.2) is 4.68 Å². The van der Waals surface area contributed by atoms with Crippen molar-refractivity contribution in [3.63, 3.8) is 0 Å². The third-order valence-electron chi connectivity index (χ3n) is 4.34. The van der Waals surface area contributed by atoms with Crippen LogP contribution in [0, 0.1) is 0 Å². The zero-order valence-electron chi connectivity index (χ0n) is 15.4. The Kier molecular flexibility index (Phi) is 6.17. The highest BCUT2D eigenvalue weighted by Crippen LogP contribution is 2.25. The van der Waals surface area contributed by atoms with Crippen LogP contribution in [0.15, 0.2) is 36.5 Å². The molecule has 27 heavy (non-hydrogen) atoms. The van der Waals surface area contributed by atoms with Crippen LogP contribution in [0.1, 0.15) is 12.1 Å². The summed E-state index contributed by atoms with van der Waals surface area (Å²) in [5.41, 5.74) is 1.47. The van der Waals surface area contributed by atoms with Gasteiger partial charge in [-0.3, -0.25) is 4.79 Å². The first-order valence-corrected chi connectivity index (χ1v) is 8.82. The molecule has 0 bridgehead atoms. The Hall–Kier alpha value is -2.33. The van der Waals surface area contributed by atoms with Crippen LogP contribution in [0.4, 0.5) is 5.69 Å². The van der Waals surface area contributed by atoms with Crippen LogP contribution in [0.5, 0.6) is 0 Å². The van der Waals surface area contributed by atoms with Crippen LogP contribution in [0.3, 0.4) is 0 Å². The molecular formula is C18H25N5O4. The number of aromatic nitrogens is 3. The van der Waals surface area contributed by atoms with E-state index in [0.717, 1.165) is 5.69 Å². The normalized spacial score (nSPS) is 25.1. The first-order valence-electron chi connectivity index (χ1n) is 8.82. The number of hydrogen-bond donors (Lipinski definition) is 3. The second-order valence-electron chi connectivity index (χ2n) is 6.98. The zero-order chi connectivity index (χ0) is 19.4. The fourth-order valence-corrected chi connectivity index (χ4v) is 3.07. The number of anilines is 1. The van der Waals surface area contributed by atoms with Gasteiger partial charge in [0.25, 0.3) is 0 Å². The third-order valence-corrected chi connectivity index (χ3v) is 4.34. The number of aliphatic hydroxyl groups excluding tert-OH is 2. The minimum atomic E-state index is -1.14. The standard InChI is InChI=1S/C18H25N5O4/c1-22(2)9-13-10-23(21-20-13)11-15-18(26)17(25)14(27-15)8-16(24)19-12-6-4-3-5-7-12/h3-7,10,14-15,17-18,25-26H,8-9,11H2,1-2H3,(H,19,24)/t14-,15-,17-,18+/m0/s1. The summed E-state index contributed by atoms with van der Waals surface area (Å²) in [6, 6.07) is 9.04. The minimum Gasteiger partial charge on any atom is -0.388 e. The number of carbonyl (C=O) groups excluding carboxylic acids is 1. The van der Waals surface area contributed by atoms with E-state index in [1.54, 1.807) is 23.0 Å². The van der Waals surface area contributed by atoms with Gasteiger partial charge in [0.2, 0.25) is 5.91 Å². The molecular weight excluding hydrogens is 350 g/mol. The fourth-order valence-electron chi connectivity index (χ4n) is 3.07. The van der Waals surface area contributed by atoms with E-state index in [4.69, 9.17) is 4.74 Å². The van der Waals surface area contributed by atoms with Crippen molar-refractivity contribution in [2.45, 2.75) is 43.9 Å². The molecule has 0 unspecified atom stereocenters. The summed E-state index contributed by atoms with van der Waals surface area (Å²) in [6.07, 6.45) is -1.95. The molecule has 1 aromatic carbocycles. The molecule has 0 saturated carbocycles. The van der Waals surface area contributed by atoms with Gasteiger partial charge in [-0.2, -0.15) is 0 Å². The van der Waals surface area contributed by atoms with Gasteiger partial charge in [0.1, 0.15) is 18.3 Å². The van der Waals surface area contributed by atoms with E-state index in [9.17, 15) is 15.0 Å². The van der Waals surface area contributed by atoms with Crippen molar-refractivity contribution in [2.75, 3.05) is 19.4 Å². The number of hydrogen-bond acceptors (Lipinski definition) is 7. The Labute approximate surface area is 157 Å². The van der Waals surface area contributed by atoms with Gasteiger partial charge in [-0.15, -0.1) is 5.10 Å². The number of aliphatic hydroxyl groups is 2. The molecule has 1 saturated heterocycles. The molecule has 1 aliphatic heterocycles. The second-order valence-corrected chi connectivity index (χ2v) is 6.98. The smallest absolute Gasteiger partial charge is 0.227 e. The van der Waals surface area contributed by atoms with Crippen LogP contribution in [0.2, 0.25) is 0 Å². The van der Waals surface area contributed by atoms with Crippen LogP contribution in [0.25, 0.3) is 0 Å². The number of rotatable bonds is 7. The molecule has 3 rings (SSSR count). The van der Waals surface area contributed by atoms with E-state index in [1.165, 1.54) is 0 Å². The van der Waals surface area contributed by atoms with E-state index in [2.05, 4.69) is 15.6 Å². The number of ether oxygens (including phenoxy) is 1. The van der Waals surface area contributed by atoms with Crippen molar-refractivity contribution >= 4 is 11.6 Å². The van der Waals surface area contributed by atoms with Gasteiger partial charge in [-0.05, 0) is 26.2 Å². The molecule has 146 valence electrons. The third kappa shape index (κ3) is 5.10. The largest absolute Gasteiger partial charge is 0.388 e. The quantitative estimate of drug-likeness (QED) is 0.617. The minimum absolute atomic E-state index is 0.0488. The van der Waals surface area contributed by atoms with Gasteiger partial charge in [0, 0.05) is 18.4 Å². The fraction of sp³-hybridized carbons (Fsp3) is 0.500. The summed E-state index contributed by atoms with van der Waals surface area (Å²) in [6.45, 7) is 0.897. The van der Waals surface area contributed by atoms with Crippen LogP contribution in [-0.2, 0) is 22.6 Å². The number of amides is 1. The summed E-state index contributed by atoms with van der Waals surface area (Å²) >= 11 is 0. The number of carbonyl (C=O) groups is 1. The lowest BCUT2D eigenvalue weighted by Gasteiger charge is -2.14. The summed E-state index contributed by atoms with van der Waals surface area (Å²) < 4.78 is 7.30. The van der Waals surface area contributed by atoms with E-state index >= 15 is 0 Å². The van der Waals surface area contributed by atoms with E-state index in [1.807, 2.05) is 37.2 Å². The molecule has 3 N–H and O–H groups in total. The number of benzene rings is 1. The lowest BCUT2D eigenvalue weighted by Crippen LogP contribution is -2.35. The molecule has 2 aromatic rings. The first kappa shape index (κ1) is 19.4. The average Bonchev–Trinajstić information content (AvgIpc) is 3.15. The molecule has 4 atom stereocenters. The highest BCUT2D eigenvalue weighted by atomic mass is 16.5. The van der Waals surface area contributed by atoms with Gasteiger partial charge in [0.15, 0.2) is 0 Å². The summed E-state index contributed by atoms with van der Waals surface area (Å²) in [7, 11) is 3.87. The van der Waals surface area contributed by atoms with Gasteiger partial charge in [0.05, 0.1) is 24.8 Å². The molecule has 9 heteroatoms. The molecule has 2 heterocycles. The predicted octanol–water partition coefficient (Wildman–Crippen LogP) is -0.142. The predicted molar refractivity (Wildman–Crippen MR) is 97.8 cm³/mol. The molecule has 0 radical (unpaired) electrons. The van der Waals surface area contributed by atoms with E-state index in [-0.39, 0.29) is 18.9 Å². The van der Waals surface area contributed by atoms with E-state index < -0.39 is 24.4 Å². The SMILES string of the molecule is CN(C)Cc1cn(C[C@@H]2O[C@@H](CC(=O)Nc3ccccc3)[C@H](O)[C@@H]2O)nn1. The maximum absolute atomic E-state index is 12.2. The second kappa shape index (κ2) is 8.57. The number of nitrogens with one attached hydrogen (secondary N) is 1. The Morgan fingerprint density at radius 2 is 1.93 bits per heavy atom. The topological polar surface area (TPSA) is 113 Å². The van der Waals surface area contributed by atoms with Gasteiger partial charge >= 0.3 is 0 Å². The molecule has 0 aliphatic carbocycles. The van der Waals surface area contributed by atoms with Crippen molar-refractivity contribution in [1.29, 1.82) is 0 Å². The lowest BCUT2D eigenvalue weighted by atomic mass is 10.1. The lowest BCUT2D eigenvalue weighted by molar-refractivity contribution is -0.120. The van der Waals surface area contributed by atoms with Crippen LogP contribution < -0.4 is 5.32 Å². The Morgan fingerprint density at radius 1 is 1.22 bits per heavy atom.